The van der Waals surface area contributed by atoms with E-state index in [9.17, 15) is 27.9 Å². The van der Waals surface area contributed by atoms with Crippen LogP contribution < -0.4 is 0 Å². The Hall–Kier alpha value is -2.56. The monoisotopic (exact) mass is 456 g/mol. The molecule has 31 heavy (non-hydrogen) atoms. The first-order valence-corrected chi connectivity index (χ1v) is 10.7. The van der Waals surface area contributed by atoms with Gasteiger partial charge in [-0.05, 0) is 32.6 Å². The largest absolute Gasteiger partial charge is 0.480 e. The van der Waals surface area contributed by atoms with Gasteiger partial charge in [0.2, 0.25) is 5.91 Å². The van der Waals surface area contributed by atoms with Crippen LogP contribution in [0.2, 0.25) is 0 Å². The second-order valence-electron chi connectivity index (χ2n) is 7.66. The van der Waals surface area contributed by atoms with Crippen molar-refractivity contribution in [1.82, 2.24) is 19.7 Å². The molecule has 0 radical (unpaired) electrons. The lowest BCUT2D eigenvalue weighted by molar-refractivity contribution is -0.164. The Balaban J connectivity index is 1.78. The minimum absolute atomic E-state index is 0.0834. The van der Waals surface area contributed by atoms with Gasteiger partial charge in [0, 0.05) is 11.6 Å². The second-order valence-corrected chi connectivity index (χ2v) is 8.60. The summed E-state index contributed by atoms with van der Waals surface area (Å²) in [5.74, 6) is -1.68. The van der Waals surface area contributed by atoms with Crippen molar-refractivity contribution in [2.45, 2.75) is 50.6 Å². The van der Waals surface area contributed by atoms with Crippen LogP contribution in [0.3, 0.4) is 0 Å². The van der Waals surface area contributed by atoms with E-state index in [1.807, 2.05) is 19.1 Å². The maximum atomic E-state index is 13.0. The molecule has 1 atom stereocenters. The SMILES string of the molecule is Cc1ccc(-c2nnc(SCC(=O)N(CC(F)(F)F)[C@H](C)C3CC3)n2CC(=O)O)cc1. The standard InChI is InChI=1S/C20H23F3N4O3S/c1-12-3-5-15(6-4-12)18-24-25-19(26(18)9-17(29)30)31-10-16(28)27(11-20(21,22)23)13(2)14-7-8-14/h3-6,13-14H,7-11H2,1-2H3,(H,29,30)/t13-/m1/s1. The molecule has 1 aromatic carbocycles. The number of amides is 1. The van der Waals surface area contributed by atoms with Gasteiger partial charge in [-0.25, -0.2) is 0 Å². The fourth-order valence-corrected chi connectivity index (χ4v) is 4.11. The Morgan fingerprint density at radius 1 is 1.26 bits per heavy atom. The smallest absolute Gasteiger partial charge is 0.406 e. The van der Waals surface area contributed by atoms with Crippen molar-refractivity contribution in [2.24, 2.45) is 5.92 Å². The number of carboxylic acids is 1. The van der Waals surface area contributed by atoms with Crippen LogP contribution in [0.15, 0.2) is 29.4 Å². The number of rotatable bonds is 9. The Bertz CT molecular complexity index is 942. The lowest BCUT2D eigenvalue weighted by atomic mass is 10.1. The molecular weight excluding hydrogens is 433 g/mol. The molecular formula is C20H23F3N4O3S. The first kappa shape index (κ1) is 23.1. The molecule has 0 saturated heterocycles. The molecule has 168 valence electrons. The van der Waals surface area contributed by atoms with Gasteiger partial charge in [0.1, 0.15) is 13.1 Å². The zero-order valence-electron chi connectivity index (χ0n) is 17.1. The van der Waals surface area contributed by atoms with Crippen LogP contribution >= 0.6 is 11.8 Å². The summed E-state index contributed by atoms with van der Waals surface area (Å²) in [6.45, 7) is 1.81. The summed E-state index contributed by atoms with van der Waals surface area (Å²) in [6, 6.07) is 6.74. The van der Waals surface area contributed by atoms with E-state index >= 15 is 0 Å². The number of aliphatic carboxylic acids is 1. The van der Waals surface area contributed by atoms with Gasteiger partial charge in [-0.3, -0.25) is 14.2 Å². The summed E-state index contributed by atoms with van der Waals surface area (Å²) in [5, 5.41) is 17.5. The molecule has 0 aliphatic heterocycles. The summed E-state index contributed by atoms with van der Waals surface area (Å²) in [6.07, 6.45) is -2.88. The van der Waals surface area contributed by atoms with E-state index in [1.54, 1.807) is 19.1 Å². The van der Waals surface area contributed by atoms with Gasteiger partial charge in [-0.2, -0.15) is 13.2 Å². The number of aryl methyl sites for hydroxylation is 1. The molecule has 1 fully saturated rings. The Morgan fingerprint density at radius 3 is 2.45 bits per heavy atom. The second kappa shape index (κ2) is 9.29. The minimum Gasteiger partial charge on any atom is -0.480 e. The highest BCUT2D eigenvalue weighted by Crippen LogP contribution is 2.36. The number of halogens is 3. The van der Waals surface area contributed by atoms with Crippen LogP contribution in [-0.4, -0.2) is 61.2 Å². The Kier molecular flexibility index (Phi) is 6.93. The van der Waals surface area contributed by atoms with Crippen molar-refractivity contribution < 1.29 is 27.9 Å². The molecule has 1 heterocycles. The Morgan fingerprint density at radius 2 is 1.90 bits per heavy atom. The summed E-state index contributed by atoms with van der Waals surface area (Å²) in [4.78, 5) is 24.9. The lowest BCUT2D eigenvalue weighted by Crippen LogP contribution is -2.46. The van der Waals surface area contributed by atoms with Crippen molar-refractivity contribution in [3.05, 3.63) is 29.8 Å². The maximum Gasteiger partial charge on any atom is 0.406 e. The number of hydrogen-bond donors (Lipinski definition) is 1. The number of nitrogens with zero attached hydrogens (tertiary/aromatic N) is 4. The third kappa shape index (κ3) is 6.22. The summed E-state index contributed by atoms with van der Waals surface area (Å²) in [5.41, 5.74) is 1.67. The van der Waals surface area contributed by atoms with E-state index in [-0.39, 0.29) is 16.8 Å². The zero-order valence-corrected chi connectivity index (χ0v) is 17.9. The van der Waals surface area contributed by atoms with E-state index in [0.29, 0.717) is 11.4 Å². The molecule has 1 aliphatic carbocycles. The number of thioether (sulfide) groups is 1. The molecule has 1 saturated carbocycles. The molecule has 1 N–H and O–H groups in total. The highest BCUT2D eigenvalue weighted by Gasteiger charge is 2.40. The number of carbonyl (C=O) groups is 2. The van der Waals surface area contributed by atoms with Gasteiger partial charge < -0.3 is 10.0 Å². The van der Waals surface area contributed by atoms with Gasteiger partial charge in [-0.15, -0.1) is 10.2 Å². The maximum absolute atomic E-state index is 13.0. The van der Waals surface area contributed by atoms with E-state index in [0.717, 1.165) is 35.1 Å². The number of hydrogen-bond acceptors (Lipinski definition) is 5. The Labute approximate surface area is 181 Å². The van der Waals surface area contributed by atoms with Gasteiger partial charge >= 0.3 is 12.1 Å². The summed E-state index contributed by atoms with van der Waals surface area (Å²) in [7, 11) is 0. The van der Waals surface area contributed by atoms with E-state index in [1.165, 1.54) is 4.57 Å². The van der Waals surface area contributed by atoms with Gasteiger partial charge in [0.15, 0.2) is 11.0 Å². The zero-order chi connectivity index (χ0) is 22.8. The molecule has 7 nitrogen and oxygen atoms in total. The first-order chi connectivity index (χ1) is 14.5. The number of carbonyl (C=O) groups excluding carboxylic acids is 1. The number of benzene rings is 1. The van der Waals surface area contributed by atoms with Crippen LogP contribution in [0.1, 0.15) is 25.3 Å². The molecule has 0 unspecified atom stereocenters. The van der Waals surface area contributed by atoms with Crippen molar-refractivity contribution in [2.75, 3.05) is 12.3 Å². The predicted octanol–water partition coefficient (Wildman–Crippen LogP) is 3.62. The summed E-state index contributed by atoms with van der Waals surface area (Å²) < 4.78 is 40.4. The number of alkyl halides is 3. The van der Waals surface area contributed by atoms with Gasteiger partial charge in [0.05, 0.1) is 5.75 Å². The minimum atomic E-state index is -4.49. The topological polar surface area (TPSA) is 88.3 Å². The van der Waals surface area contributed by atoms with Crippen molar-refractivity contribution in [3.8, 4) is 11.4 Å². The third-order valence-electron chi connectivity index (χ3n) is 5.11. The van der Waals surface area contributed by atoms with Crippen LogP contribution in [0.4, 0.5) is 13.2 Å². The average molecular weight is 456 g/mol. The highest BCUT2D eigenvalue weighted by atomic mass is 32.2. The number of aromatic nitrogens is 3. The molecule has 1 aromatic heterocycles. The quantitative estimate of drug-likeness (QED) is 0.580. The number of carboxylic acid groups (broad SMARTS) is 1. The van der Waals surface area contributed by atoms with Crippen molar-refractivity contribution >= 4 is 23.6 Å². The normalized spacial score (nSPS) is 15.0. The summed E-state index contributed by atoms with van der Waals surface area (Å²) >= 11 is 0.887. The molecule has 2 aromatic rings. The third-order valence-corrected chi connectivity index (χ3v) is 6.06. The van der Waals surface area contributed by atoms with Crippen molar-refractivity contribution in [1.29, 1.82) is 0 Å². The molecule has 1 aliphatic rings. The van der Waals surface area contributed by atoms with Gasteiger partial charge in [0.25, 0.3) is 0 Å². The molecule has 3 rings (SSSR count). The molecule has 0 spiro atoms. The van der Waals surface area contributed by atoms with Crippen molar-refractivity contribution in [3.63, 3.8) is 0 Å². The fraction of sp³-hybridized carbons (Fsp3) is 0.500. The van der Waals surface area contributed by atoms with Crippen LogP contribution in [0, 0.1) is 12.8 Å². The van der Waals surface area contributed by atoms with Crippen LogP contribution in [0.25, 0.3) is 11.4 Å². The van der Waals surface area contributed by atoms with E-state index < -0.39 is 37.2 Å². The molecule has 1 amide bonds. The highest BCUT2D eigenvalue weighted by molar-refractivity contribution is 7.99. The van der Waals surface area contributed by atoms with Gasteiger partial charge in [-0.1, -0.05) is 41.6 Å². The van der Waals surface area contributed by atoms with E-state index in [2.05, 4.69) is 10.2 Å². The van der Waals surface area contributed by atoms with Crippen LogP contribution in [-0.2, 0) is 16.1 Å². The van der Waals surface area contributed by atoms with E-state index in [4.69, 9.17) is 0 Å². The average Bonchev–Trinajstić information content (AvgIpc) is 3.46. The first-order valence-electron chi connectivity index (χ1n) is 9.76. The molecule has 11 heteroatoms. The predicted molar refractivity (Wildman–Crippen MR) is 109 cm³/mol. The van der Waals surface area contributed by atoms with Crippen LogP contribution in [0.5, 0.6) is 0 Å². The molecule has 0 bridgehead atoms. The fourth-order valence-electron chi connectivity index (χ4n) is 3.28. The lowest BCUT2D eigenvalue weighted by Gasteiger charge is -2.30.